The predicted molar refractivity (Wildman–Crippen MR) is 126 cm³/mol. The molecule has 0 bridgehead atoms. The first kappa shape index (κ1) is 21.1. The highest BCUT2D eigenvalue weighted by molar-refractivity contribution is 5.47. The second kappa shape index (κ2) is 7.78. The summed E-state index contributed by atoms with van der Waals surface area (Å²) in [6, 6.07) is 31.5. The molecule has 4 atom stereocenters. The van der Waals surface area contributed by atoms with Gasteiger partial charge in [-0.15, -0.1) is 0 Å². The van der Waals surface area contributed by atoms with Gasteiger partial charge in [0.05, 0.1) is 19.3 Å². The summed E-state index contributed by atoms with van der Waals surface area (Å²) in [4.78, 5) is 0. The van der Waals surface area contributed by atoms with Crippen molar-refractivity contribution in [3.05, 3.63) is 108 Å². The zero-order valence-corrected chi connectivity index (χ0v) is 19.1. The van der Waals surface area contributed by atoms with Gasteiger partial charge in [-0.3, -0.25) is 0 Å². The third-order valence-electron chi connectivity index (χ3n) is 7.29. The number of benzene rings is 3. The first-order valence-electron chi connectivity index (χ1n) is 11.8. The summed E-state index contributed by atoms with van der Waals surface area (Å²) in [7, 11) is 0. The number of hydrogen-bond acceptors (Lipinski definition) is 4. The topological polar surface area (TPSA) is 40.2 Å². The maximum Gasteiger partial charge on any atom is 0.163 e. The van der Waals surface area contributed by atoms with Gasteiger partial charge in [-0.2, -0.15) is 0 Å². The number of epoxide rings is 1. The van der Waals surface area contributed by atoms with Crippen molar-refractivity contribution in [2.45, 2.75) is 49.5 Å². The summed E-state index contributed by atoms with van der Waals surface area (Å²) in [5.41, 5.74) is 2.39. The van der Waals surface area contributed by atoms with Gasteiger partial charge in [-0.1, -0.05) is 91.0 Å². The summed E-state index contributed by atoms with van der Waals surface area (Å²) >= 11 is 0. The van der Waals surface area contributed by atoms with Gasteiger partial charge in [-0.25, -0.2) is 0 Å². The van der Waals surface area contributed by atoms with Crippen molar-refractivity contribution in [3.63, 3.8) is 0 Å². The predicted octanol–water partition coefficient (Wildman–Crippen LogP) is 5.30. The lowest BCUT2D eigenvalue weighted by atomic mass is 9.80. The molecule has 0 N–H and O–H groups in total. The summed E-state index contributed by atoms with van der Waals surface area (Å²) in [5, 5.41) is 0. The quantitative estimate of drug-likeness (QED) is 0.383. The molecule has 1 aliphatic carbocycles. The van der Waals surface area contributed by atoms with E-state index in [1.165, 1.54) is 0 Å². The van der Waals surface area contributed by atoms with Crippen LogP contribution in [0.5, 0.6) is 0 Å². The highest BCUT2D eigenvalue weighted by Crippen LogP contribution is 2.55. The van der Waals surface area contributed by atoms with Crippen LogP contribution < -0.4 is 0 Å². The fraction of sp³-hybridized carbons (Fsp3) is 0.379. The van der Waals surface area contributed by atoms with Crippen LogP contribution in [0, 0.1) is 5.92 Å². The van der Waals surface area contributed by atoms with Crippen LogP contribution >= 0.6 is 0 Å². The van der Waals surface area contributed by atoms with E-state index in [4.69, 9.17) is 18.9 Å². The summed E-state index contributed by atoms with van der Waals surface area (Å²) < 4.78 is 25.6. The normalized spacial score (nSPS) is 29.8. The van der Waals surface area contributed by atoms with E-state index in [-0.39, 0.29) is 23.7 Å². The summed E-state index contributed by atoms with van der Waals surface area (Å²) in [6.07, 6.45) is 0.843. The van der Waals surface area contributed by atoms with Gasteiger partial charge in [0.1, 0.15) is 17.3 Å². The summed E-state index contributed by atoms with van der Waals surface area (Å²) in [5.74, 6) is -0.405. The Morgan fingerprint density at radius 1 is 0.788 bits per heavy atom. The van der Waals surface area contributed by atoms with Crippen LogP contribution in [0.3, 0.4) is 0 Å². The Morgan fingerprint density at radius 2 is 1.27 bits per heavy atom. The molecule has 170 valence electrons. The minimum absolute atomic E-state index is 0.0254. The molecule has 4 heteroatoms. The van der Waals surface area contributed by atoms with E-state index in [0.29, 0.717) is 6.61 Å². The van der Waals surface area contributed by atoms with Crippen molar-refractivity contribution in [3.8, 4) is 0 Å². The van der Waals surface area contributed by atoms with Gasteiger partial charge in [0.15, 0.2) is 5.79 Å². The van der Waals surface area contributed by atoms with Gasteiger partial charge in [0.2, 0.25) is 0 Å². The average Bonchev–Trinajstić information content (AvgIpc) is 3.49. The Morgan fingerprint density at radius 3 is 1.73 bits per heavy atom. The van der Waals surface area contributed by atoms with Gasteiger partial charge in [0.25, 0.3) is 0 Å². The van der Waals surface area contributed by atoms with Crippen LogP contribution in [0.4, 0.5) is 0 Å². The first-order valence-corrected chi connectivity index (χ1v) is 11.8. The molecule has 0 amide bonds. The Balaban J connectivity index is 1.40. The fourth-order valence-corrected chi connectivity index (χ4v) is 5.75. The molecule has 0 unspecified atom stereocenters. The molecule has 3 aliphatic rings. The Labute approximate surface area is 195 Å². The Bertz CT molecular complexity index is 996. The van der Waals surface area contributed by atoms with Crippen molar-refractivity contribution in [1.82, 2.24) is 0 Å². The first-order chi connectivity index (χ1) is 16.0. The van der Waals surface area contributed by atoms with Crippen molar-refractivity contribution >= 4 is 0 Å². The van der Waals surface area contributed by atoms with Crippen molar-refractivity contribution in [2.24, 2.45) is 5.92 Å². The summed E-state index contributed by atoms with van der Waals surface area (Å²) in [6.45, 7) is 5.26. The lowest BCUT2D eigenvalue weighted by Gasteiger charge is -2.37. The van der Waals surface area contributed by atoms with E-state index in [9.17, 15) is 0 Å². The Hall–Kier alpha value is -2.50. The molecule has 2 heterocycles. The van der Waals surface area contributed by atoms with Crippen molar-refractivity contribution in [1.29, 1.82) is 0 Å². The highest BCUT2D eigenvalue weighted by Gasteiger charge is 2.68. The third-order valence-corrected chi connectivity index (χ3v) is 7.29. The molecule has 6 rings (SSSR count). The van der Waals surface area contributed by atoms with Gasteiger partial charge >= 0.3 is 0 Å². The maximum atomic E-state index is 7.08. The van der Waals surface area contributed by atoms with E-state index < -0.39 is 11.4 Å². The smallest absolute Gasteiger partial charge is 0.163 e. The lowest BCUT2D eigenvalue weighted by Crippen LogP contribution is -2.37. The SMILES string of the molecule is CC1(C)O[C@@H]2[C@@H](COC(c3ccccc3)(c3ccccc3)c3ccccc3)C[C@]3(CO3)[C@@H]2O1. The minimum Gasteiger partial charge on any atom is -0.367 e. The number of ether oxygens (including phenoxy) is 4. The fourth-order valence-electron chi connectivity index (χ4n) is 5.75. The van der Waals surface area contributed by atoms with Crippen LogP contribution in [0.2, 0.25) is 0 Å². The molecule has 1 saturated carbocycles. The van der Waals surface area contributed by atoms with E-state index in [1.807, 2.05) is 32.0 Å². The molecule has 1 spiro atoms. The third kappa shape index (κ3) is 3.53. The van der Waals surface area contributed by atoms with E-state index in [2.05, 4.69) is 72.8 Å². The molecule has 3 aromatic carbocycles. The molecular formula is C29H30O4. The molecule has 4 nitrogen and oxygen atoms in total. The lowest BCUT2D eigenvalue weighted by molar-refractivity contribution is -0.166. The molecule has 3 aromatic rings. The number of rotatable bonds is 6. The standard InChI is InChI=1S/C29H30O4/c1-27(2)32-25-21(18-28(20-31-28)26(25)33-27)19-30-29(22-12-6-3-7-13-22,23-14-8-4-9-15-23)24-16-10-5-11-17-24/h3-17,21,25-26H,18-20H2,1-2H3/t21-,25-,26-,28+/m1/s1. The molecule has 0 radical (unpaired) electrons. The van der Waals surface area contributed by atoms with Crippen LogP contribution in [0.15, 0.2) is 91.0 Å². The molecule has 3 fully saturated rings. The second-order valence-corrected chi connectivity index (χ2v) is 9.93. The van der Waals surface area contributed by atoms with Crippen LogP contribution in [-0.2, 0) is 24.5 Å². The van der Waals surface area contributed by atoms with Gasteiger partial charge in [0, 0.05) is 5.92 Å². The zero-order chi connectivity index (χ0) is 22.5. The number of fused-ring (bicyclic) bond motifs is 2. The molecule has 2 saturated heterocycles. The van der Waals surface area contributed by atoms with Crippen LogP contribution in [0.25, 0.3) is 0 Å². The average molecular weight is 443 g/mol. The maximum absolute atomic E-state index is 7.08. The van der Waals surface area contributed by atoms with Crippen LogP contribution in [-0.4, -0.2) is 36.8 Å². The largest absolute Gasteiger partial charge is 0.367 e. The monoisotopic (exact) mass is 442 g/mol. The van der Waals surface area contributed by atoms with E-state index in [0.717, 1.165) is 29.7 Å². The Kier molecular flexibility index (Phi) is 4.96. The van der Waals surface area contributed by atoms with Gasteiger partial charge in [-0.05, 0) is 37.0 Å². The molecule has 2 aliphatic heterocycles. The zero-order valence-electron chi connectivity index (χ0n) is 19.1. The number of hydrogen-bond donors (Lipinski definition) is 0. The van der Waals surface area contributed by atoms with Crippen LogP contribution in [0.1, 0.15) is 37.0 Å². The molecule has 33 heavy (non-hydrogen) atoms. The van der Waals surface area contributed by atoms with E-state index in [1.54, 1.807) is 0 Å². The highest BCUT2D eigenvalue weighted by atomic mass is 16.8. The van der Waals surface area contributed by atoms with E-state index >= 15 is 0 Å². The second-order valence-electron chi connectivity index (χ2n) is 9.93. The van der Waals surface area contributed by atoms with Crippen molar-refractivity contribution < 1.29 is 18.9 Å². The minimum atomic E-state index is -0.728. The van der Waals surface area contributed by atoms with Gasteiger partial charge < -0.3 is 18.9 Å². The molecular weight excluding hydrogens is 412 g/mol. The van der Waals surface area contributed by atoms with Crippen molar-refractivity contribution in [2.75, 3.05) is 13.2 Å². The molecule has 0 aromatic heterocycles.